The first-order valence-corrected chi connectivity index (χ1v) is 9.38. The molecule has 27 heavy (non-hydrogen) atoms. The summed E-state index contributed by atoms with van der Waals surface area (Å²) in [6.07, 6.45) is 5.65. The average molecular weight is 357 g/mol. The molecule has 1 aromatic heterocycles. The van der Waals surface area contributed by atoms with Crippen LogP contribution in [-0.4, -0.2) is 17.4 Å². The Bertz CT molecular complexity index is 939. The largest absolute Gasteiger partial charge is 0.345 e. The Morgan fingerprint density at radius 1 is 1.07 bits per heavy atom. The van der Waals surface area contributed by atoms with Crippen LogP contribution in [0.4, 0.5) is 11.4 Å². The third-order valence-corrected chi connectivity index (χ3v) is 5.06. The Balaban J connectivity index is 1.56. The third-order valence-electron chi connectivity index (χ3n) is 5.06. The van der Waals surface area contributed by atoms with Gasteiger partial charge in [0.15, 0.2) is 0 Å². The second kappa shape index (κ2) is 7.62. The molecule has 0 bridgehead atoms. The molecule has 2 aromatic carbocycles. The van der Waals surface area contributed by atoms with Crippen molar-refractivity contribution in [1.82, 2.24) is 10.3 Å². The monoisotopic (exact) mass is 357 g/mol. The summed E-state index contributed by atoms with van der Waals surface area (Å²) < 4.78 is 0. The molecule has 0 aliphatic carbocycles. The van der Waals surface area contributed by atoms with Gasteiger partial charge in [-0.05, 0) is 43.0 Å². The third kappa shape index (κ3) is 3.70. The van der Waals surface area contributed by atoms with Gasteiger partial charge in [-0.3, -0.25) is 9.78 Å². The van der Waals surface area contributed by atoms with Gasteiger partial charge in [0.2, 0.25) is 0 Å². The van der Waals surface area contributed by atoms with E-state index in [-0.39, 0.29) is 11.9 Å². The normalized spacial score (nSPS) is 14.3. The Kier molecular flexibility index (Phi) is 4.88. The van der Waals surface area contributed by atoms with Crippen LogP contribution in [0, 0.1) is 0 Å². The van der Waals surface area contributed by atoms with Crippen LogP contribution in [0.5, 0.6) is 0 Å². The van der Waals surface area contributed by atoms with Crippen LogP contribution >= 0.6 is 0 Å². The number of benzene rings is 2. The number of aryl methyl sites for hydroxylation is 1. The summed E-state index contributed by atoms with van der Waals surface area (Å²) >= 11 is 0. The summed E-state index contributed by atoms with van der Waals surface area (Å²) in [5, 5.41) is 3.06. The molecule has 1 N–H and O–H groups in total. The first kappa shape index (κ1) is 17.3. The van der Waals surface area contributed by atoms with E-state index < -0.39 is 0 Å². The van der Waals surface area contributed by atoms with Crippen molar-refractivity contribution in [2.45, 2.75) is 25.8 Å². The van der Waals surface area contributed by atoms with Gasteiger partial charge in [-0.15, -0.1) is 0 Å². The number of carbonyl (C=O) groups is 1. The van der Waals surface area contributed by atoms with Crippen LogP contribution < -0.4 is 10.2 Å². The van der Waals surface area contributed by atoms with Crippen LogP contribution in [0.2, 0.25) is 0 Å². The molecule has 0 radical (unpaired) electrons. The maximum Gasteiger partial charge on any atom is 0.253 e. The fraction of sp³-hybridized carbons (Fsp3) is 0.217. The number of rotatable bonds is 4. The van der Waals surface area contributed by atoms with E-state index >= 15 is 0 Å². The van der Waals surface area contributed by atoms with Gasteiger partial charge in [0.1, 0.15) is 0 Å². The van der Waals surface area contributed by atoms with Gasteiger partial charge in [0, 0.05) is 18.4 Å². The second-order valence-corrected chi connectivity index (χ2v) is 6.92. The second-order valence-electron chi connectivity index (χ2n) is 6.92. The summed E-state index contributed by atoms with van der Waals surface area (Å²) in [6.45, 7) is 2.93. The summed E-state index contributed by atoms with van der Waals surface area (Å²) in [7, 11) is 0. The highest BCUT2D eigenvalue weighted by Crippen LogP contribution is 2.33. The van der Waals surface area contributed by atoms with Gasteiger partial charge in [-0.1, -0.05) is 48.5 Å². The lowest BCUT2D eigenvalue weighted by atomic mass is 10.0. The van der Waals surface area contributed by atoms with Crippen LogP contribution in [0.15, 0.2) is 73.1 Å². The molecule has 1 aliphatic heterocycles. The fourth-order valence-electron chi connectivity index (χ4n) is 3.61. The van der Waals surface area contributed by atoms with Crippen molar-refractivity contribution in [2.75, 3.05) is 11.4 Å². The van der Waals surface area contributed by atoms with Gasteiger partial charge in [-0.2, -0.15) is 0 Å². The van der Waals surface area contributed by atoms with Gasteiger partial charge in [0.25, 0.3) is 5.91 Å². The Morgan fingerprint density at radius 2 is 1.85 bits per heavy atom. The van der Waals surface area contributed by atoms with E-state index in [9.17, 15) is 4.79 Å². The number of fused-ring (bicyclic) bond motifs is 1. The van der Waals surface area contributed by atoms with Crippen LogP contribution in [-0.2, 0) is 6.42 Å². The highest BCUT2D eigenvalue weighted by atomic mass is 16.1. The minimum absolute atomic E-state index is 0.0573. The van der Waals surface area contributed by atoms with E-state index in [1.165, 1.54) is 11.3 Å². The molecule has 4 nitrogen and oxygen atoms in total. The zero-order chi connectivity index (χ0) is 18.6. The van der Waals surface area contributed by atoms with Crippen molar-refractivity contribution >= 4 is 17.3 Å². The molecule has 1 aliphatic rings. The highest BCUT2D eigenvalue weighted by molar-refractivity contribution is 5.95. The number of anilines is 2. The topological polar surface area (TPSA) is 45.2 Å². The molecule has 0 saturated heterocycles. The lowest BCUT2D eigenvalue weighted by Crippen LogP contribution is -2.28. The number of aromatic nitrogens is 1. The van der Waals surface area contributed by atoms with Crippen molar-refractivity contribution in [1.29, 1.82) is 0 Å². The fourth-order valence-corrected chi connectivity index (χ4v) is 3.61. The minimum atomic E-state index is -0.106. The summed E-state index contributed by atoms with van der Waals surface area (Å²) in [5.41, 5.74) is 5.18. The van der Waals surface area contributed by atoms with E-state index in [4.69, 9.17) is 0 Å². The summed E-state index contributed by atoms with van der Waals surface area (Å²) in [6, 6.07) is 20.3. The zero-order valence-corrected chi connectivity index (χ0v) is 15.4. The van der Waals surface area contributed by atoms with Crippen molar-refractivity contribution in [3.63, 3.8) is 0 Å². The smallest absolute Gasteiger partial charge is 0.253 e. The van der Waals surface area contributed by atoms with E-state index in [1.54, 1.807) is 6.20 Å². The lowest BCUT2D eigenvalue weighted by Gasteiger charge is -2.31. The Morgan fingerprint density at radius 3 is 2.70 bits per heavy atom. The number of pyridine rings is 1. The molecule has 0 spiro atoms. The predicted octanol–water partition coefficient (Wildman–Crippen LogP) is 4.66. The number of para-hydroxylation sites is 1. The maximum atomic E-state index is 12.7. The number of nitrogens with one attached hydrogen (secondary N) is 1. The van der Waals surface area contributed by atoms with Crippen molar-refractivity contribution < 1.29 is 4.79 Å². The SMILES string of the molecule is CC(NC(=O)c1cncc(N2CCCc3ccccc32)c1)c1ccccc1. The van der Waals surface area contributed by atoms with Crippen molar-refractivity contribution in [2.24, 2.45) is 0 Å². The number of hydrogen-bond donors (Lipinski definition) is 1. The molecule has 1 amide bonds. The minimum Gasteiger partial charge on any atom is -0.345 e. The molecule has 4 heteroatoms. The molecule has 136 valence electrons. The molecule has 1 unspecified atom stereocenters. The highest BCUT2D eigenvalue weighted by Gasteiger charge is 2.19. The predicted molar refractivity (Wildman–Crippen MR) is 108 cm³/mol. The average Bonchev–Trinajstić information content (AvgIpc) is 2.74. The lowest BCUT2D eigenvalue weighted by molar-refractivity contribution is 0.0939. The van der Waals surface area contributed by atoms with Crippen LogP contribution in [0.3, 0.4) is 0 Å². The van der Waals surface area contributed by atoms with Crippen molar-refractivity contribution in [3.8, 4) is 0 Å². The van der Waals surface area contributed by atoms with E-state index in [0.717, 1.165) is 30.6 Å². The molecule has 0 saturated carbocycles. The van der Waals surface area contributed by atoms with Gasteiger partial charge in [-0.25, -0.2) is 0 Å². The molecule has 0 fully saturated rings. The van der Waals surface area contributed by atoms with E-state index in [1.807, 2.05) is 49.5 Å². The first-order valence-electron chi connectivity index (χ1n) is 9.38. The molecular formula is C23H23N3O. The quantitative estimate of drug-likeness (QED) is 0.739. The van der Waals surface area contributed by atoms with Crippen molar-refractivity contribution in [3.05, 3.63) is 89.7 Å². The Hall–Kier alpha value is -3.14. The maximum absolute atomic E-state index is 12.7. The first-order chi connectivity index (χ1) is 13.2. The standard InChI is InChI=1S/C23H23N3O/c1-17(18-8-3-2-4-9-18)25-23(27)20-14-21(16-24-15-20)26-13-7-11-19-10-5-6-12-22(19)26/h2-6,8-10,12,14-17H,7,11,13H2,1H3,(H,25,27). The van der Waals surface area contributed by atoms with E-state index in [0.29, 0.717) is 5.56 Å². The van der Waals surface area contributed by atoms with Crippen LogP contribution in [0.1, 0.15) is 40.9 Å². The van der Waals surface area contributed by atoms with Gasteiger partial charge >= 0.3 is 0 Å². The molecule has 4 rings (SSSR count). The number of hydrogen-bond acceptors (Lipinski definition) is 3. The Labute approximate surface area is 159 Å². The number of nitrogens with zero attached hydrogens (tertiary/aromatic N) is 2. The zero-order valence-electron chi connectivity index (χ0n) is 15.4. The van der Waals surface area contributed by atoms with Gasteiger partial charge < -0.3 is 10.2 Å². The molecule has 1 atom stereocenters. The number of amides is 1. The summed E-state index contributed by atoms with van der Waals surface area (Å²) in [5.74, 6) is -0.106. The molecular weight excluding hydrogens is 334 g/mol. The molecule has 3 aromatic rings. The molecule has 2 heterocycles. The van der Waals surface area contributed by atoms with Gasteiger partial charge in [0.05, 0.1) is 23.5 Å². The summed E-state index contributed by atoms with van der Waals surface area (Å²) in [4.78, 5) is 19.3. The van der Waals surface area contributed by atoms with Crippen LogP contribution in [0.25, 0.3) is 0 Å². The van der Waals surface area contributed by atoms with E-state index in [2.05, 4.69) is 39.5 Å². The number of carbonyl (C=O) groups excluding carboxylic acids is 1.